The summed E-state index contributed by atoms with van der Waals surface area (Å²) in [4.78, 5) is 22.6. The number of carboxylic acid groups (broad SMARTS) is 2. The molecule has 1 atom stereocenters. The van der Waals surface area contributed by atoms with Gasteiger partial charge in [0.25, 0.3) is 0 Å². The number of carboxylic acids is 2. The van der Waals surface area contributed by atoms with E-state index < -0.39 is 23.4 Å². The van der Waals surface area contributed by atoms with Gasteiger partial charge in [0.15, 0.2) is 0 Å². The molecular formula is C18H24N2O4. The first-order valence-corrected chi connectivity index (χ1v) is 7.95. The predicted octanol–water partition coefficient (Wildman–Crippen LogP) is 2.61. The monoisotopic (exact) mass is 332 g/mol. The summed E-state index contributed by atoms with van der Waals surface area (Å²) in [6.07, 6.45) is 2.53. The number of rotatable bonds is 8. The third-order valence-electron chi connectivity index (χ3n) is 4.49. The van der Waals surface area contributed by atoms with Gasteiger partial charge >= 0.3 is 11.9 Å². The van der Waals surface area contributed by atoms with E-state index in [1.807, 2.05) is 42.1 Å². The van der Waals surface area contributed by atoms with Crippen molar-refractivity contribution in [2.24, 2.45) is 12.5 Å². The number of hydrogen-bond acceptors (Lipinski definition) is 3. The highest BCUT2D eigenvalue weighted by atomic mass is 16.4. The lowest BCUT2D eigenvalue weighted by Gasteiger charge is -2.22. The van der Waals surface area contributed by atoms with Crippen LogP contribution in [0.2, 0.25) is 0 Å². The fourth-order valence-electron chi connectivity index (χ4n) is 2.68. The second-order valence-electron chi connectivity index (χ2n) is 6.78. The summed E-state index contributed by atoms with van der Waals surface area (Å²) in [6, 6.07) is 7.17. The number of nitrogens with zero attached hydrogens (tertiary/aromatic N) is 1. The molecule has 1 aromatic carbocycles. The topological polar surface area (TPSA) is 91.6 Å². The predicted molar refractivity (Wildman–Crippen MR) is 91.8 cm³/mol. The molecule has 0 bridgehead atoms. The minimum Gasteiger partial charge on any atom is -0.481 e. The Kier molecular flexibility index (Phi) is 5.29. The molecule has 0 aliphatic rings. The smallest absolute Gasteiger partial charge is 0.320 e. The zero-order valence-corrected chi connectivity index (χ0v) is 14.2. The quantitative estimate of drug-likeness (QED) is 0.691. The van der Waals surface area contributed by atoms with E-state index in [0.29, 0.717) is 13.0 Å². The summed E-state index contributed by atoms with van der Waals surface area (Å²) < 4.78 is 2.02. The van der Waals surface area contributed by atoms with Crippen LogP contribution in [-0.2, 0) is 23.2 Å². The Balaban J connectivity index is 2.06. The average molecular weight is 332 g/mol. The molecule has 2 rings (SSSR count). The van der Waals surface area contributed by atoms with Gasteiger partial charge in [-0.2, -0.15) is 0 Å². The van der Waals surface area contributed by atoms with Crippen molar-refractivity contribution in [3.8, 4) is 0 Å². The zero-order valence-electron chi connectivity index (χ0n) is 14.2. The molecule has 2 aromatic rings. The maximum absolute atomic E-state index is 11.5. The second kappa shape index (κ2) is 7.05. The molecular weight excluding hydrogens is 308 g/mol. The third kappa shape index (κ3) is 3.94. The molecule has 24 heavy (non-hydrogen) atoms. The Morgan fingerprint density at radius 3 is 2.58 bits per heavy atom. The van der Waals surface area contributed by atoms with Crippen molar-refractivity contribution >= 4 is 22.8 Å². The summed E-state index contributed by atoms with van der Waals surface area (Å²) in [5.41, 5.74) is 1.18. The van der Waals surface area contributed by atoms with Gasteiger partial charge in [-0.25, -0.2) is 0 Å². The fourth-order valence-corrected chi connectivity index (χ4v) is 2.68. The standard InChI is InChI=1S/C18H24N2O4/c1-18(2,17(23)24)9-7-14(16(21)22)19-11-12-5-4-6-15-13(12)8-10-20(15)3/h4-6,8,10,14,19H,7,9,11H2,1-3H3,(H,21,22)(H,23,24)/t14-/m0/s1. The van der Waals surface area contributed by atoms with Crippen molar-refractivity contribution in [2.75, 3.05) is 0 Å². The van der Waals surface area contributed by atoms with Crippen LogP contribution >= 0.6 is 0 Å². The number of aryl methyl sites for hydroxylation is 1. The summed E-state index contributed by atoms with van der Waals surface area (Å²) in [5.74, 6) is -1.88. The third-order valence-corrected chi connectivity index (χ3v) is 4.49. The molecule has 0 aliphatic heterocycles. The number of aromatic nitrogens is 1. The van der Waals surface area contributed by atoms with Crippen molar-refractivity contribution in [2.45, 2.75) is 39.3 Å². The maximum Gasteiger partial charge on any atom is 0.320 e. The fraction of sp³-hybridized carbons (Fsp3) is 0.444. The van der Waals surface area contributed by atoms with Gasteiger partial charge in [-0.1, -0.05) is 12.1 Å². The lowest BCUT2D eigenvalue weighted by Crippen LogP contribution is -2.38. The summed E-state index contributed by atoms with van der Waals surface area (Å²) in [6.45, 7) is 3.64. The minimum absolute atomic E-state index is 0.263. The number of carbonyl (C=O) groups is 2. The summed E-state index contributed by atoms with van der Waals surface area (Å²) in [5, 5.41) is 22.7. The van der Waals surface area contributed by atoms with E-state index in [0.717, 1.165) is 16.5 Å². The van der Waals surface area contributed by atoms with Crippen LogP contribution in [0.5, 0.6) is 0 Å². The molecule has 1 heterocycles. The van der Waals surface area contributed by atoms with Gasteiger partial charge in [0.2, 0.25) is 0 Å². The van der Waals surface area contributed by atoms with E-state index in [9.17, 15) is 14.7 Å². The molecule has 0 saturated heterocycles. The van der Waals surface area contributed by atoms with Crippen LogP contribution in [0.15, 0.2) is 30.5 Å². The molecule has 0 spiro atoms. The molecule has 3 N–H and O–H groups in total. The Labute approximate surface area is 141 Å². The van der Waals surface area contributed by atoms with Gasteiger partial charge in [0, 0.05) is 30.7 Å². The number of aliphatic carboxylic acids is 2. The van der Waals surface area contributed by atoms with Gasteiger partial charge in [0.1, 0.15) is 6.04 Å². The number of nitrogens with one attached hydrogen (secondary N) is 1. The van der Waals surface area contributed by atoms with Crippen LogP contribution in [-0.4, -0.2) is 32.8 Å². The summed E-state index contributed by atoms with van der Waals surface area (Å²) >= 11 is 0. The number of benzene rings is 1. The van der Waals surface area contributed by atoms with Crippen LogP contribution in [0.4, 0.5) is 0 Å². The molecule has 0 saturated carbocycles. The van der Waals surface area contributed by atoms with Crippen LogP contribution in [0, 0.1) is 5.41 Å². The SMILES string of the molecule is Cn1ccc2c(CN[C@@H](CCC(C)(C)C(=O)O)C(=O)O)cccc21. The molecule has 0 fully saturated rings. The normalized spacial score (nSPS) is 13.1. The molecule has 0 aliphatic carbocycles. The first kappa shape index (κ1) is 18.0. The van der Waals surface area contributed by atoms with Gasteiger partial charge in [-0.05, 0) is 44.4 Å². The van der Waals surface area contributed by atoms with E-state index >= 15 is 0 Å². The van der Waals surface area contributed by atoms with Gasteiger partial charge in [-0.3, -0.25) is 9.59 Å². The molecule has 6 nitrogen and oxygen atoms in total. The molecule has 0 radical (unpaired) electrons. The Morgan fingerprint density at radius 2 is 1.96 bits per heavy atom. The van der Waals surface area contributed by atoms with Crippen molar-refractivity contribution in [1.82, 2.24) is 9.88 Å². The van der Waals surface area contributed by atoms with Crippen LogP contribution < -0.4 is 5.32 Å². The molecule has 0 unspecified atom stereocenters. The van der Waals surface area contributed by atoms with Crippen molar-refractivity contribution in [1.29, 1.82) is 0 Å². The Hall–Kier alpha value is -2.34. The van der Waals surface area contributed by atoms with Crippen molar-refractivity contribution in [3.05, 3.63) is 36.0 Å². The summed E-state index contributed by atoms with van der Waals surface area (Å²) in [7, 11) is 1.97. The highest BCUT2D eigenvalue weighted by Gasteiger charge is 2.29. The first-order valence-electron chi connectivity index (χ1n) is 7.95. The largest absolute Gasteiger partial charge is 0.481 e. The van der Waals surface area contributed by atoms with Gasteiger partial charge in [0.05, 0.1) is 5.41 Å². The molecule has 1 aromatic heterocycles. The van der Waals surface area contributed by atoms with Crippen LogP contribution in [0.1, 0.15) is 32.3 Å². The van der Waals surface area contributed by atoms with E-state index in [1.54, 1.807) is 13.8 Å². The van der Waals surface area contributed by atoms with Gasteiger partial charge < -0.3 is 20.1 Å². The van der Waals surface area contributed by atoms with E-state index in [2.05, 4.69) is 5.32 Å². The molecule has 0 amide bonds. The lowest BCUT2D eigenvalue weighted by atomic mass is 9.86. The maximum atomic E-state index is 11.5. The van der Waals surface area contributed by atoms with Crippen molar-refractivity contribution in [3.63, 3.8) is 0 Å². The highest BCUT2D eigenvalue weighted by molar-refractivity contribution is 5.83. The van der Waals surface area contributed by atoms with E-state index in [1.165, 1.54) is 0 Å². The minimum atomic E-state index is -0.962. The molecule has 130 valence electrons. The van der Waals surface area contributed by atoms with Crippen molar-refractivity contribution < 1.29 is 19.8 Å². The zero-order chi connectivity index (χ0) is 17.9. The number of hydrogen-bond donors (Lipinski definition) is 3. The first-order chi connectivity index (χ1) is 11.2. The molecule has 6 heteroatoms. The highest BCUT2D eigenvalue weighted by Crippen LogP contribution is 2.24. The Morgan fingerprint density at radius 1 is 1.25 bits per heavy atom. The van der Waals surface area contributed by atoms with Gasteiger partial charge in [-0.15, -0.1) is 0 Å². The number of fused-ring (bicyclic) bond motifs is 1. The van der Waals surface area contributed by atoms with E-state index in [-0.39, 0.29) is 6.42 Å². The average Bonchev–Trinajstić information content (AvgIpc) is 2.89. The van der Waals surface area contributed by atoms with Crippen LogP contribution in [0.25, 0.3) is 10.9 Å². The Bertz CT molecular complexity index is 749. The second-order valence-corrected chi connectivity index (χ2v) is 6.78. The van der Waals surface area contributed by atoms with Crippen LogP contribution in [0.3, 0.4) is 0 Å². The lowest BCUT2D eigenvalue weighted by molar-refractivity contribution is -0.148. The van der Waals surface area contributed by atoms with E-state index in [4.69, 9.17) is 5.11 Å².